The minimum atomic E-state index is -0.528. The summed E-state index contributed by atoms with van der Waals surface area (Å²) in [6.07, 6.45) is 0. The van der Waals surface area contributed by atoms with Crippen molar-refractivity contribution in [3.05, 3.63) is 0 Å². The van der Waals surface area contributed by atoms with Gasteiger partial charge in [-0.3, -0.25) is 0 Å². The van der Waals surface area contributed by atoms with Crippen molar-refractivity contribution in [3.8, 4) is 0 Å². The zero-order valence-electron chi connectivity index (χ0n) is 5.96. The average Bonchev–Trinajstić information content (AvgIpc) is 1.86. The van der Waals surface area contributed by atoms with Gasteiger partial charge in [-0.2, -0.15) is 0 Å². The molecule has 0 aliphatic rings. The lowest BCUT2D eigenvalue weighted by Gasteiger charge is -2.28. The Morgan fingerprint density at radius 3 is 1.78 bits per heavy atom. The number of hydrogen-bond donors (Lipinski definition) is 3. The van der Waals surface area contributed by atoms with E-state index in [4.69, 9.17) is 15.9 Å². The van der Waals surface area contributed by atoms with E-state index in [1.807, 2.05) is 0 Å². The molecule has 0 saturated heterocycles. The summed E-state index contributed by atoms with van der Waals surface area (Å²) in [5.74, 6) is 0. The second-order valence-electron chi connectivity index (χ2n) is 2.76. The van der Waals surface area contributed by atoms with Crippen LogP contribution in [-0.2, 0) is 0 Å². The Labute approximate surface area is 55.5 Å². The highest BCUT2D eigenvalue weighted by Crippen LogP contribution is 2.16. The van der Waals surface area contributed by atoms with Gasteiger partial charge < -0.3 is 15.9 Å². The lowest BCUT2D eigenvalue weighted by Crippen LogP contribution is -2.42. The van der Waals surface area contributed by atoms with Gasteiger partial charge in [0.05, 0.1) is 13.2 Å². The minimum Gasteiger partial charge on any atom is -0.396 e. The number of aliphatic hydroxyl groups is 2. The summed E-state index contributed by atoms with van der Waals surface area (Å²) >= 11 is 0. The number of rotatable bonds is 3. The predicted octanol–water partition coefficient (Wildman–Crippen LogP) is -0.675. The fraction of sp³-hybridized carbons (Fsp3) is 1.00. The van der Waals surface area contributed by atoms with E-state index in [0.29, 0.717) is 0 Å². The topological polar surface area (TPSA) is 66.5 Å². The molecule has 3 heteroatoms. The van der Waals surface area contributed by atoms with Crippen LogP contribution in [0.4, 0.5) is 0 Å². The first-order chi connectivity index (χ1) is 4.06. The van der Waals surface area contributed by atoms with Crippen LogP contribution in [0.3, 0.4) is 0 Å². The predicted molar refractivity (Wildman–Crippen MR) is 35.9 cm³/mol. The summed E-state index contributed by atoms with van der Waals surface area (Å²) in [6.45, 7) is 3.38. The Morgan fingerprint density at radius 2 is 1.78 bits per heavy atom. The van der Waals surface area contributed by atoms with Crippen LogP contribution in [0.2, 0.25) is 0 Å². The van der Waals surface area contributed by atoms with Crippen molar-refractivity contribution in [2.45, 2.75) is 19.9 Å². The zero-order chi connectivity index (χ0) is 7.49. The Balaban J connectivity index is 3.92. The molecule has 9 heavy (non-hydrogen) atoms. The highest BCUT2D eigenvalue weighted by Gasteiger charge is 2.26. The highest BCUT2D eigenvalue weighted by atomic mass is 16.3. The normalized spacial score (nSPS) is 15.7. The minimum absolute atomic E-state index is 0.0683. The van der Waals surface area contributed by atoms with E-state index >= 15 is 0 Å². The standard InChI is InChI=1S/C6H15NO2/c1-5(7)6(2,3-8)4-9/h5,8-9H,3-4,7H2,1-2H3. The molecule has 0 aliphatic heterocycles. The quantitative estimate of drug-likeness (QED) is 0.478. The van der Waals surface area contributed by atoms with E-state index < -0.39 is 5.41 Å². The zero-order valence-corrected chi connectivity index (χ0v) is 5.96. The van der Waals surface area contributed by atoms with Gasteiger partial charge in [0.25, 0.3) is 0 Å². The van der Waals surface area contributed by atoms with Gasteiger partial charge in [-0.05, 0) is 6.92 Å². The van der Waals surface area contributed by atoms with Gasteiger partial charge >= 0.3 is 0 Å². The molecule has 0 rings (SSSR count). The monoisotopic (exact) mass is 133 g/mol. The van der Waals surface area contributed by atoms with Crippen molar-refractivity contribution in [2.24, 2.45) is 11.1 Å². The first kappa shape index (κ1) is 8.88. The molecule has 0 aromatic carbocycles. The summed E-state index contributed by atoms with van der Waals surface area (Å²) in [5.41, 5.74) is 4.94. The van der Waals surface area contributed by atoms with Crippen molar-refractivity contribution >= 4 is 0 Å². The molecule has 0 amide bonds. The Morgan fingerprint density at radius 1 is 1.44 bits per heavy atom. The summed E-state index contributed by atoms with van der Waals surface area (Å²) in [5, 5.41) is 17.4. The molecule has 0 spiro atoms. The van der Waals surface area contributed by atoms with Crippen LogP contribution in [0.1, 0.15) is 13.8 Å². The van der Waals surface area contributed by atoms with E-state index in [2.05, 4.69) is 0 Å². The maximum atomic E-state index is 8.72. The maximum absolute atomic E-state index is 8.72. The molecular formula is C6H15NO2. The molecule has 0 radical (unpaired) electrons. The smallest absolute Gasteiger partial charge is 0.0521 e. The van der Waals surface area contributed by atoms with Gasteiger partial charge in [0.15, 0.2) is 0 Å². The van der Waals surface area contributed by atoms with Crippen LogP contribution < -0.4 is 5.73 Å². The number of nitrogens with two attached hydrogens (primary N) is 1. The van der Waals surface area contributed by atoms with Gasteiger partial charge in [-0.25, -0.2) is 0 Å². The van der Waals surface area contributed by atoms with Crippen LogP contribution in [0.25, 0.3) is 0 Å². The third kappa shape index (κ3) is 1.93. The van der Waals surface area contributed by atoms with Gasteiger partial charge in [-0.15, -0.1) is 0 Å². The Kier molecular flexibility index (Phi) is 3.11. The molecule has 1 unspecified atom stereocenters. The SMILES string of the molecule is CC(N)C(C)(CO)CO. The molecular weight excluding hydrogens is 118 g/mol. The second-order valence-corrected chi connectivity index (χ2v) is 2.76. The van der Waals surface area contributed by atoms with Crippen LogP contribution >= 0.6 is 0 Å². The van der Waals surface area contributed by atoms with E-state index in [-0.39, 0.29) is 19.3 Å². The molecule has 0 bridgehead atoms. The summed E-state index contributed by atoms with van der Waals surface area (Å²) in [7, 11) is 0. The first-order valence-electron chi connectivity index (χ1n) is 3.04. The van der Waals surface area contributed by atoms with Crippen molar-refractivity contribution in [1.29, 1.82) is 0 Å². The Hall–Kier alpha value is -0.120. The molecule has 4 N–H and O–H groups in total. The van der Waals surface area contributed by atoms with E-state index in [1.54, 1.807) is 13.8 Å². The lowest BCUT2D eigenvalue weighted by atomic mass is 9.86. The van der Waals surface area contributed by atoms with Gasteiger partial charge in [0, 0.05) is 11.5 Å². The molecule has 0 aromatic rings. The average molecular weight is 133 g/mol. The third-order valence-corrected chi connectivity index (χ3v) is 1.82. The van der Waals surface area contributed by atoms with E-state index in [9.17, 15) is 0 Å². The van der Waals surface area contributed by atoms with Crippen molar-refractivity contribution in [1.82, 2.24) is 0 Å². The molecule has 0 fully saturated rings. The number of hydrogen-bond acceptors (Lipinski definition) is 3. The maximum Gasteiger partial charge on any atom is 0.0521 e. The molecule has 1 atom stereocenters. The van der Waals surface area contributed by atoms with Gasteiger partial charge in [-0.1, -0.05) is 6.92 Å². The van der Waals surface area contributed by atoms with Crippen molar-refractivity contribution in [2.75, 3.05) is 13.2 Å². The molecule has 0 saturated carbocycles. The third-order valence-electron chi connectivity index (χ3n) is 1.82. The van der Waals surface area contributed by atoms with Crippen LogP contribution in [-0.4, -0.2) is 29.5 Å². The highest BCUT2D eigenvalue weighted by molar-refractivity contribution is 4.80. The fourth-order valence-corrected chi connectivity index (χ4v) is 0.338. The van der Waals surface area contributed by atoms with Crippen LogP contribution in [0.15, 0.2) is 0 Å². The fourth-order valence-electron chi connectivity index (χ4n) is 0.338. The molecule has 0 heterocycles. The Bertz CT molecular complexity index is 79.1. The van der Waals surface area contributed by atoms with E-state index in [0.717, 1.165) is 0 Å². The van der Waals surface area contributed by atoms with Crippen LogP contribution in [0.5, 0.6) is 0 Å². The largest absolute Gasteiger partial charge is 0.396 e. The molecule has 0 aliphatic carbocycles. The summed E-state index contributed by atoms with van der Waals surface area (Å²) in [4.78, 5) is 0. The second kappa shape index (κ2) is 3.15. The van der Waals surface area contributed by atoms with Crippen molar-refractivity contribution < 1.29 is 10.2 Å². The van der Waals surface area contributed by atoms with E-state index in [1.165, 1.54) is 0 Å². The molecule has 3 nitrogen and oxygen atoms in total. The van der Waals surface area contributed by atoms with Gasteiger partial charge in [0.2, 0.25) is 0 Å². The summed E-state index contributed by atoms with van der Waals surface area (Å²) < 4.78 is 0. The summed E-state index contributed by atoms with van der Waals surface area (Å²) in [6, 6.07) is -0.174. The molecule has 0 aromatic heterocycles. The van der Waals surface area contributed by atoms with Crippen molar-refractivity contribution in [3.63, 3.8) is 0 Å². The lowest BCUT2D eigenvalue weighted by molar-refractivity contribution is 0.0530. The molecule has 56 valence electrons. The number of aliphatic hydroxyl groups excluding tert-OH is 2. The first-order valence-corrected chi connectivity index (χ1v) is 3.04. The van der Waals surface area contributed by atoms with Gasteiger partial charge in [0.1, 0.15) is 0 Å². The van der Waals surface area contributed by atoms with Crippen LogP contribution in [0, 0.1) is 5.41 Å².